The first-order chi connectivity index (χ1) is 15.0. The Morgan fingerprint density at radius 1 is 1.16 bits per heavy atom. The lowest BCUT2D eigenvalue weighted by atomic mass is 10.0. The summed E-state index contributed by atoms with van der Waals surface area (Å²) in [5.74, 6) is 0.607. The Labute approximate surface area is 199 Å². The van der Waals surface area contributed by atoms with Crippen LogP contribution in [0.3, 0.4) is 0 Å². The Bertz CT molecular complexity index is 1150. The summed E-state index contributed by atoms with van der Waals surface area (Å²) in [5.41, 5.74) is 2.74. The molecule has 0 bridgehead atoms. The number of aryl methyl sites for hydroxylation is 1. The molecule has 1 aromatic heterocycles. The van der Waals surface area contributed by atoms with E-state index in [4.69, 9.17) is 35.4 Å². The monoisotopic (exact) mass is 489 g/mol. The van der Waals surface area contributed by atoms with Gasteiger partial charge in [0.25, 0.3) is 5.91 Å². The fraction of sp³-hybridized carbons (Fsp3) is 0.190. The molecule has 0 radical (unpaired) electrons. The van der Waals surface area contributed by atoms with Gasteiger partial charge < -0.3 is 0 Å². The number of carbonyl (C=O) groups is 1. The maximum Gasteiger partial charge on any atom is 0.266 e. The number of aromatic amines is 1. The highest BCUT2D eigenvalue weighted by atomic mass is 35.5. The van der Waals surface area contributed by atoms with Crippen LogP contribution in [0.25, 0.3) is 17.2 Å². The third-order valence-corrected chi connectivity index (χ3v) is 6.65. The van der Waals surface area contributed by atoms with Crippen LogP contribution in [-0.2, 0) is 11.2 Å². The number of nitrogens with one attached hydrogen (secondary N) is 1. The second-order valence-electron chi connectivity index (χ2n) is 6.87. The molecule has 1 saturated heterocycles. The van der Waals surface area contributed by atoms with Gasteiger partial charge in [0.15, 0.2) is 5.82 Å². The lowest BCUT2D eigenvalue weighted by molar-refractivity contribution is -0.122. The highest BCUT2D eigenvalue weighted by Gasteiger charge is 2.31. The van der Waals surface area contributed by atoms with E-state index in [2.05, 4.69) is 20.6 Å². The van der Waals surface area contributed by atoms with Crippen molar-refractivity contribution in [3.8, 4) is 11.1 Å². The number of unbranched alkanes of at least 4 members (excludes halogenated alkanes) is 1. The molecule has 1 amide bonds. The van der Waals surface area contributed by atoms with Gasteiger partial charge >= 0.3 is 0 Å². The fourth-order valence-corrected chi connectivity index (χ4v) is 5.03. The molecule has 3 aromatic rings. The van der Waals surface area contributed by atoms with Crippen LogP contribution < -0.4 is 0 Å². The van der Waals surface area contributed by atoms with Crippen LogP contribution in [0.1, 0.15) is 24.2 Å². The number of rotatable bonds is 7. The second-order valence-corrected chi connectivity index (χ2v) is 9.39. The lowest BCUT2D eigenvalue weighted by Crippen LogP contribution is -2.29. The van der Waals surface area contributed by atoms with Gasteiger partial charge in [-0.15, -0.1) is 10.2 Å². The number of amides is 1. The summed E-state index contributed by atoms with van der Waals surface area (Å²) in [4.78, 5) is 15.1. The fourth-order valence-electron chi connectivity index (χ4n) is 3.21. The number of hydrogen-bond acceptors (Lipinski definition) is 6. The molecular formula is C21H17Cl2N5OS2. The minimum absolute atomic E-state index is 0.0653. The molecule has 4 rings (SSSR count). The van der Waals surface area contributed by atoms with Crippen molar-refractivity contribution >= 4 is 63.5 Å². The van der Waals surface area contributed by atoms with Crippen molar-refractivity contribution < 1.29 is 4.79 Å². The lowest BCUT2D eigenvalue weighted by Gasteiger charge is -2.13. The number of tetrazole rings is 1. The van der Waals surface area contributed by atoms with Crippen molar-refractivity contribution in [1.29, 1.82) is 0 Å². The van der Waals surface area contributed by atoms with Crippen molar-refractivity contribution in [1.82, 2.24) is 25.5 Å². The van der Waals surface area contributed by atoms with E-state index in [-0.39, 0.29) is 5.91 Å². The quantitative estimate of drug-likeness (QED) is 0.272. The molecule has 0 atom stereocenters. The average Bonchev–Trinajstić information content (AvgIpc) is 3.35. The molecular weight excluding hydrogens is 473 g/mol. The summed E-state index contributed by atoms with van der Waals surface area (Å²) in [5, 5.41) is 15.0. The Kier molecular flexibility index (Phi) is 7.02. The Balaban J connectivity index is 1.44. The molecule has 2 aromatic carbocycles. The number of carbonyl (C=O) groups excluding carboxylic acids is 1. The molecule has 31 heavy (non-hydrogen) atoms. The van der Waals surface area contributed by atoms with E-state index in [0.717, 1.165) is 29.5 Å². The number of H-pyrrole nitrogens is 1. The third kappa shape index (κ3) is 5.33. The van der Waals surface area contributed by atoms with Gasteiger partial charge in [0.05, 0.1) is 4.91 Å². The zero-order chi connectivity index (χ0) is 21.8. The van der Waals surface area contributed by atoms with Crippen LogP contribution in [-0.4, -0.2) is 42.3 Å². The summed E-state index contributed by atoms with van der Waals surface area (Å²) >= 11 is 19.1. The molecule has 1 N–H and O–H groups in total. The molecule has 6 nitrogen and oxygen atoms in total. The number of benzene rings is 2. The molecule has 0 unspecified atom stereocenters. The van der Waals surface area contributed by atoms with Gasteiger partial charge in [0.1, 0.15) is 4.32 Å². The van der Waals surface area contributed by atoms with Crippen LogP contribution in [0, 0.1) is 0 Å². The Morgan fingerprint density at radius 2 is 2.03 bits per heavy atom. The van der Waals surface area contributed by atoms with E-state index in [1.807, 2.05) is 36.4 Å². The molecule has 10 heteroatoms. The topological polar surface area (TPSA) is 74.8 Å². The minimum Gasteiger partial charge on any atom is -0.293 e. The summed E-state index contributed by atoms with van der Waals surface area (Å²) in [6.45, 7) is 0.570. The van der Waals surface area contributed by atoms with Crippen molar-refractivity contribution in [2.45, 2.75) is 19.3 Å². The molecule has 0 spiro atoms. The number of hydrogen-bond donors (Lipinski definition) is 1. The minimum atomic E-state index is -0.0653. The van der Waals surface area contributed by atoms with Crippen molar-refractivity contribution in [2.75, 3.05) is 6.54 Å². The SMILES string of the molecule is O=C1C(=Cc2cccc(-c3ccc(Cl)cc3Cl)c2)SC(=S)N1CCCCc1nn[nH]n1. The average molecular weight is 490 g/mol. The predicted octanol–water partition coefficient (Wildman–Crippen LogP) is 5.40. The second kappa shape index (κ2) is 9.91. The summed E-state index contributed by atoms with van der Waals surface area (Å²) in [6, 6.07) is 13.3. The van der Waals surface area contributed by atoms with Crippen LogP contribution in [0.2, 0.25) is 10.0 Å². The Morgan fingerprint density at radius 3 is 2.81 bits per heavy atom. The summed E-state index contributed by atoms with van der Waals surface area (Å²) in [7, 11) is 0. The number of thiocarbonyl (C=S) groups is 1. The Hall–Kier alpha value is -2.26. The summed E-state index contributed by atoms with van der Waals surface area (Å²) in [6.07, 6.45) is 4.23. The normalized spacial score (nSPS) is 15.3. The van der Waals surface area contributed by atoms with E-state index < -0.39 is 0 Å². The van der Waals surface area contributed by atoms with Crippen molar-refractivity contribution in [3.63, 3.8) is 0 Å². The van der Waals surface area contributed by atoms with Crippen LogP contribution in [0.15, 0.2) is 47.4 Å². The maximum atomic E-state index is 12.9. The first-order valence-corrected chi connectivity index (χ1v) is 11.5. The van der Waals surface area contributed by atoms with E-state index in [1.54, 1.807) is 17.0 Å². The van der Waals surface area contributed by atoms with Gasteiger partial charge in [-0.3, -0.25) is 9.69 Å². The van der Waals surface area contributed by atoms with Gasteiger partial charge in [0.2, 0.25) is 0 Å². The van der Waals surface area contributed by atoms with Gasteiger partial charge in [-0.05, 0) is 48.2 Å². The van der Waals surface area contributed by atoms with Crippen molar-refractivity contribution in [3.05, 3.63) is 68.8 Å². The highest BCUT2D eigenvalue weighted by Crippen LogP contribution is 2.34. The number of halogens is 2. The van der Waals surface area contributed by atoms with E-state index >= 15 is 0 Å². The van der Waals surface area contributed by atoms with Gasteiger partial charge in [-0.2, -0.15) is 5.21 Å². The highest BCUT2D eigenvalue weighted by molar-refractivity contribution is 8.26. The van der Waals surface area contributed by atoms with Crippen LogP contribution in [0.4, 0.5) is 0 Å². The van der Waals surface area contributed by atoms with Gasteiger partial charge in [0, 0.05) is 28.6 Å². The molecule has 2 heterocycles. The zero-order valence-electron chi connectivity index (χ0n) is 16.2. The van der Waals surface area contributed by atoms with E-state index in [1.165, 1.54) is 11.8 Å². The standard InChI is InChI=1S/C21H17Cl2N5OS2/c22-15-7-8-16(17(23)12-15)14-5-3-4-13(10-14)11-18-20(29)28(21(30)31-18)9-2-1-6-19-24-26-27-25-19/h3-5,7-8,10-12H,1-2,6,9H2,(H,24,25,26,27). The third-order valence-electron chi connectivity index (χ3n) is 4.72. The first-order valence-electron chi connectivity index (χ1n) is 9.54. The zero-order valence-corrected chi connectivity index (χ0v) is 19.4. The molecule has 158 valence electrons. The molecule has 1 fully saturated rings. The smallest absolute Gasteiger partial charge is 0.266 e. The number of thioether (sulfide) groups is 1. The predicted molar refractivity (Wildman–Crippen MR) is 129 cm³/mol. The van der Waals surface area contributed by atoms with E-state index in [0.29, 0.717) is 38.1 Å². The largest absolute Gasteiger partial charge is 0.293 e. The van der Waals surface area contributed by atoms with Crippen LogP contribution in [0.5, 0.6) is 0 Å². The van der Waals surface area contributed by atoms with Crippen molar-refractivity contribution in [2.24, 2.45) is 0 Å². The molecule has 0 saturated carbocycles. The maximum absolute atomic E-state index is 12.9. The molecule has 1 aliphatic heterocycles. The number of nitrogens with zero attached hydrogens (tertiary/aromatic N) is 4. The first kappa shape index (κ1) is 22.0. The summed E-state index contributed by atoms with van der Waals surface area (Å²) < 4.78 is 0.577. The van der Waals surface area contributed by atoms with Gasteiger partial charge in [-0.25, -0.2) is 0 Å². The number of aromatic nitrogens is 4. The molecule has 0 aliphatic carbocycles. The van der Waals surface area contributed by atoms with Crippen LogP contribution >= 0.6 is 47.2 Å². The molecule has 1 aliphatic rings. The van der Waals surface area contributed by atoms with Gasteiger partial charge in [-0.1, -0.05) is 76.7 Å². The van der Waals surface area contributed by atoms with E-state index in [9.17, 15) is 4.79 Å².